The summed E-state index contributed by atoms with van der Waals surface area (Å²) in [5.41, 5.74) is 9.46. The molecule has 0 heterocycles. The quantitative estimate of drug-likeness (QED) is 0.407. The van der Waals surface area contributed by atoms with Crippen LogP contribution in [0.15, 0.2) is 102 Å². The van der Waals surface area contributed by atoms with Gasteiger partial charge in [-0.05, 0) is 89.6 Å². The van der Waals surface area contributed by atoms with Crippen LogP contribution >= 0.6 is 0 Å². The van der Waals surface area contributed by atoms with Crippen LogP contribution in [0.4, 0.5) is 17.1 Å². The van der Waals surface area contributed by atoms with Crippen molar-refractivity contribution in [2.24, 2.45) is 5.92 Å². The maximum Gasteiger partial charge on any atom is 0.0458 e. The Hall–Kier alpha value is -3.26. The van der Waals surface area contributed by atoms with Crippen LogP contribution in [0.25, 0.3) is 0 Å². The minimum Gasteiger partial charge on any atom is -0.356 e. The van der Waals surface area contributed by atoms with Crippen LogP contribution in [-0.4, -0.2) is 0 Å². The van der Waals surface area contributed by atoms with Crippen LogP contribution in [0.2, 0.25) is 0 Å². The Morgan fingerprint density at radius 3 is 1.91 bits per heavy atom. The Bertz CT molecular complexity index is 1210. The molecular weight excluding hydrogens is 424 g/mol. The van der Waals surface area contributed by atoms with E-state index in [0.29, 0.717) is 5.92 Å². The van der Waals surface area contributed by atoms with Gasteiger partial charge in [0.15, 0.2) is 0 Å². The van der Waals surface area contributed by atoms with Crippen LogP contribution in [-0.2, 0) is 10.8 Å². The SMILES string of the molecule is CC1C=C(Nc2ccc3c(c2)C(C)(C)CCC3(C)C)C=C(N(c2ccccc2)c2ccccc2)C1. The van der Waals surface area contributed by atoms with Crippen LogP contribution in [0, 0.1) is 5.92 Å². The van der Waals surface area contributed by atoms with Crippen molar-refractivity contribution >= 4 is 17.1 Å². The monoisotopic (exact) mass is 462 g/mol. The van der Waals surface area contributed by atoms with Crippen molar-refractivity contribution in [2.75, 3.05) is 10.2 Å². The van der Waals surface area contributed by atoms with Gasteiger partial charge in [0.1, 0.15) is 0 Å². The van der Waals surface area contributed by atoms with Gasteiger partial charge in [-0.3, -0.25) is 0 Å². The van der Waals surface area contributed by atoms with Gasteiger partial charge in [-0.25, -0.2) is 0 Å². The molecule has 0 spiro atoms. The highest BCUT2D eigenvalue weighted by atomic mass is 15.2. The number of anilines is 3. The summed E-state index contributed by atoms with van der Waals surface area (Å²) >= 11 is 0. The number of para-hydroxylation sites is 2. The van der Waals surface area contributed by atoms with Gasteiger partial charge in [0.2, 0.25) is 0 Å². The lowest BCUT2D eigenvalue weighted by molar-refractivity contribution is 0.332. The number of rotatable bonds is 5. The molecule has 0 aromatic heterocycles. The Kier molecular flexibility index (Phi) is 6.09. The molecule has 2 aliphatic rings. The van der Waals surface area contributed by atoms with Gasteiger partial charge in [0.25, 0.3) is 0 Å². The molecule has 0 aliphatic heterocycles. The summed E-state index contributed by atoms with van der Waals surface area (Å²) in [6, 6.07) is 28.4. The molecule has 5 rings (SSSR count). The molecule has 0 bridgehead atoms. The average molecular weight is 463 g/mol. The highest BCUT2D eigenvalue weighted by Crippen LogP contribution is 2.46. The van der Waals surface area contributed by atoms with E-state index in [0.717, 1.165) is 6.42 Å². The lowest BCUT2D eigenvalue weighted by Crippen LogP contribution is -2.33. The Labute approximate surface area is 211 Å². The van der Waals surface area contributed by atoms with Gasteiger partial charge in [0.05, 0.1) is 0 Å². The van der Waals surface area contributed by atoms with E-state index in [1.54, 1.807) is 0 Å². The first-order valence-corrected chi connectivity index (χ1v) is 13.0. The molecule has 1 unspecified atom stereocenters. The molecule has 35 heavy (non-hydrogen) atoms. The number of hydrogen-bond acceptors (Lipinski definition) is 2. The van der Waals surface area contributed by atoms with Crippen LogP contribution < -0.4 is 10.2 Å². The third-order valence-corrected chi connectivity index (χ3v) is 7.77. The molecule has 2 heteroatoms. The molecule has 1 atom stereocenters. The van der Waals surface area contributed by atoms with Crippen molar-refractivity contribution in [3.63, 3.8) is 0 Å². The van der Waals surface area contributed by atoms with Crippen molar-refractivity contribution in [1.29, 1.82) is 0 Å². The lowest BCUT2D eigenvalue weighted by Gasteiger charge is -2.42. The average Bonchev–Trinajstić information content (AvgIpc) is 2.83. The smallest absolute Gasteiger partial charge is 0.0458 e. The maximum atomic E-state index is 3.77. The third-order valence-electron chi connectivity index (χ3n) is 7.77. The van der Waals surface area contributed by atoms with Crippen LogP contribution in [0.3, 0.4) is 0 Å². The molecule has 2 nitrogen and oxygen atoms in total. The number of nitrogens with one attached hydrogen (secondary N) is 1. The predicted octanol–water partition coefficient (Wildman–Crippen LogP) is 9.09. The number of fused-ring (bicyclic) bond motifs is 1. The van der Waals surface area contributed by atoms with Gasteiger partial charge in [-0.2, -0.15) is 0 Å². The van der Waals surface area contributed by atoms with E-state index in [1.807, 2.05) is 0 Å². The van der Waals surface area contributed by atoms with Crippen LogP contribution in [0.5, 0.6) is 0 Å². The molecule has 0 amide bonds. The first-order chi connectivity index (χ1) is 16.7. The minimum atomic E-state index is 0.204. The number of nitrogens with zero attached hydrogens (tertiary/aromatic N) is 1. The zero-order chi connectivity index (χ0) is 24.6. The first-order valence-electron chi connectivity index (χ1n) is 13.0. The van der Waals surface area contributed by atoms with Gasteiger partial charge >= 0.3 is 0 Å². The lowest BCUT2D eigenvalue weighted by atomic mass is 9.63. The molecule has 1 N–H and O–H groups in total. The topological polar surface area (TPSA) is 15.3 Å². The summed E-state index contributed by atoms with van der Waals surface area (Å²) in [5, 5.41) is 3.77. The fourth-order valence-corrected chi connectivity index (χ4v) is 5.68. The second kappa shape index (κ2) is 9.07. The molecule has 0 radical (unpaired) electrons. The number of allylic oxidation sites excluding steroid dienone is 3. The normalized spacial score (nSPS) is 20.3. The highest BCUT2D eigenvalue weighted by molar-refractivity contribution is 5.70. The van der Waals surface area contributed by atoms with E-state index in [1.165, 1.54) is 52.4 Å². The van der Waals surface area contributed by atoms with Crippen molar-refractivity contribution in [1.82, 2.24) is 0 Å². The van der Waals surface area contributed by atoms with Gasteiger partial charge in [-0.15, -0.1) is 0 Å². The molecule has 2 aliphatic carbocycles. The first kappa shape index (κ1) is 23.5. The summed E-state index contributed by atoms with van der Waals surface area (Å²) < 4.78 is 0. The second-order valence-corrected chi connectivity index (χ2v) is 11.6. The van der Waals surface area contributed by atoms with Crippen molar-refractivity contribution in [3.8, 4) is 0 Å². The Morgan fingerprint density at radius 2 is 1.31 bits per heavy atom. The Morgan fingerprint density at radius 1 is 0.743 bits per heavy atom. The fourth-order valence-electron chi connectivity index (χ4n) is 5.68. The summed E-state index contributed by atoms with van der Waals surface area (Å²) in [6.07, 6.45) is 8.16. The molecule has 180 valence electrons. The van der Waals surface area contributed by atoms with Gasteiger partial charge in [-0.1, -0.05) is 83.2 Å². The summed E-state index contributed by atoms with van der Waals surface area (Å²) in [6.45, 7) is 11.9. The summed E-state index contributed by atoms with van der Waals surface area (Å²) in [4.78, 5) is 2.39. The maximum absolute atomic E-state index is 3.77. The Balaban J connectivity index is 1.50. The van der Waals surface area contributed by atoms with E-state index in [4.69, 9.17) is 0 Å². The zero-order valence-electron chi connectivity index (χ0n) is 21.8. The molecule has 3 aromatic carbocycles. The standard InChI is InChI=1S/C33H38N2/c1-24-20-26(34-25-16-17-30-31(23-25)33(4,5)19-18-32(30,2)3)22-29(21-24)35(27-12-8-6-9-13-27)28-14-10-7-11-15-28/h6-17,20,22-24,34H,18-19,21H2,1-5H3. The van der Waals surface area contributed by atoms with E-state index >= 15 is 0 Å². The van der Waals surface area contributed by atoms with E-state index < -0.39 is 0 Å². The van der Waals surface area contributed by atoms with Crippen molar-refractivity contribution in [3.05, 3.63) is 114 Å². The van der Waals surface area contributed by atoms with E-state index in [-0.39, 0.29) is 10.8 Å². The molecule has 0 saturated heterocycles. The summed E-state index contributed by atoms with van der Waals surface area (Å²) in [7, 11) is 0. The zero-order valence-corrected chi connectivity index (χ0v) is 21.8. The van der Waals surface area contributed by atoms with E-state index in [9.17, 15) is 0 Å². The summed E-state index contributed by atoms with van der Waals surface area (Å²) in [5.74, 6) is 0.445. The fraction of sp³-hybridized carbons (Fsp3) is 0.333. The predicted molar refractivity (Wildman–Crippen MR) is 150 cm³/mol. The van der Waals surface area contributed by atoms with Crippen molar-refractivity contribution in [2.45, 2.75) is 64.7 Å². The van der Waals surface area contributed by atoms with Crippen molar-refractivity contribution < 1.29 is 0 Å². The molecular formula is C33H38N2. The number of benzene rings is 3. The van der Waals surface area contributed by atoms with Crippen LogP contribution in [0.1, 0.15) is 65.0 Å². The highest BCUT2D eigenvalue weighted by Gasteiger charge is 2.37. The van der Waals surface area contributed by atoms with Gasteiger partial charge in [0, 0.05) is 28.5 Å². The number of hydrogen-bond donors (Lipinski definition) is 1. The second-order valence-electron chi connectivity index (χ2n) is 11.6. The van der Waals surface area contributed by atoms with E-state index in [2.05, 4.69) is 136 Å². The minimum absolute atomic E-state index is 0.204. The molecule has 0 saturated carbocycles. The van der Waals surface area contributed by atoms with Gasteiger partial charge < -0.3 is 10.2 Å². The largest absolute Gasteiger partial charge is 0.356 e. The molecule has 0 fully saturated rings. The molecule has 3 aromatic rings. The third kappa shape index (κ3) is 4.80.